The van der Waals surface area contributed by atoms with Crippen LogP contribution >= 0.6 is 0 Å². The number of fused-ring (bicyclic) bond motifs is 1. The zero-order chi connectivity index (χ0) is 16.5. The highest BCUT2D eigenvalue weighted by Gasteiger charge is 2.16. The van der Waals surface area contributed by atoms with Gasteiger partial charge >= 0.3 is 11.8 Å². The maximum Gasteiger partial charge on any atom is 0.316 e. The number of benzene rings is 2. The van der Waals surface area contributed by atoms with E-state index in [1.165, 1.54) is 0 Å². The molecule has 7 heteroatoms. The van der Waals surface area contributed by atoms with Gasteiger partial charge in [0.2, 0.25) is 5.82 Å². The first-order chi connectivity index (χ1) is 11.7. The van der Waals surface area contributed by atoms with Crippen LogP contribution in [0.25, 0.3) is 22.3 Å². The molecule has 2 aromatic carbocycles. The number of nitrogens with zero attached hydrogens (tertiary/aromatic N) is 4. The van der Waals surface area contributed by atoms with Gasteiger partial charge in [-0.15, -0.1) is 0 Å². The Morgan fingerprint density at radius 1 is 1.17 bits per heavy atom. The van der Waals surface area contributed by atoms with Gasteiger partial charge in [0.05, 0.1) is 11.7 Å². The van der Waals surface area contributed by atoms with Crippen molar-refractivity contribution >= 4 is 22.5 Å². The standard InChI is InChI=1S/C17H13N5O2/c1-22-14-9-11(7-8-12(14)10-18-22)15-20-17(24-21-15)16(23)19-13-5-3-2-4-6-13/h2-10H,1H3,(H,19,23). The zero-order valence-corrected chi connectivity index (χ0v) is 12.8. The van der Waals surface area contributed by atoms with Crippen LogP contribution in [-0.2, 0) is 7.05 Å². The number of rotatable bonds is 3. The second-order valence-corrected chi connectivity index (χ2v) is 5.29. The molecule has 0 bridgehead atoms. The Morgan fingerprint density at radius 2 is 2.00 bits per heavy atom. The molecule has 0 fully saturated rings. The molecule has 0 aliphatic heterocycles. The monoisotopic (exact) mass is 319 g/mol. The van der Waals surface area contributed by atoms with Gasteiger partial charge in [-0.05, 0) is 18.2 Å². The summed E-state index contributed by atoms with van der Waals surface area (Å²) in [5, 5.41) is 11.8. The van der Waals surface area contributed by atoms with Crippen LogP contribution < -0.4 is 5.32 Å². The predicted molar refractivity (Wildman–Crippen MR) is 88.4 cm³/mol. The topological polar surface area (TPSA) is 85.8 Å². The Balaban J connectivity index is 1.61. The summed E-state index contributed by atoms with van der Waals surface area (Å²) in [7, 11) is 1.86. The Kier molecular flexibility index (Phi) is 3.31. The van der Waals surface area contributed by atoms with Crippen LogP contribution in [0.5, 0.6) is 0 Å². The second-order valence-electron chi connectivity index (χ2n) is 5.29. The summed E-state index contributed by atoms with van der Waals surface area (Å²) in [6.07, 6.45) is 1.79. The quantitative estimate of drug-likeness (QED) is 0.627. The van der Waals surface area contributed by atoms with Crippen LogP contribution in [0.1, 0.15) is 10.7 Å². The first kappa shape index (κ1) is 14.1. The number of aromatic nitrogens is 4. The molecule has 7 nitrogen and oxygen atoms in total. The molecule has 0 unspecified atom stereocenters. The molecule has 2 aromatic heterocycles. The minimum absolute atomic E-state index is 0.0843. The van der Waals surface area contributed by atoms with Gasteiger partial charge in [0.15, 0.2) is 0 Å². The van der Waals surface area contributed by atoms with E-state index in [1.807, 2.05) is 43.4 Å². The van der Waals surface area contributed by atoms with Crippen molar-refractivity contribution in [2.45, 2.75) is 0 Å². The first-order valence-electron chi connectivity index (χ1n) is 7.33. The fraction of sp³-hybridized carbons (Fsp3) is 0.0588. The van der Waals surface area contributed by atoms with E-state index in [0.717, 1.165) is 16.5 Å². The van der Waals surface area contributed by atoms with Crippen molar-refractivity contribution in [2.24, 2.45) is 7.05 Å². The second kappa shape index (κ2) is 5.62. The van der Waals surface area contributed by atoms with Crippen LogP contribution in [0, 0.1) is 0 Å². The minimum atomic E-state index is -0.443. The van der Waals surface area contributed by atoms with E-state index in [9.17, 15) is 4.79 Å². The van der Waals surface area contributed by atoms with Crippen LogP contribution in [0.2, 0.25) is 0 Å². The highest BCUT2D eigenvalue weighted by molar-refractivity contribution is 6.01. The Hall–Kier alpha value is -3.48. The lowest BCUT2D eigenvalue weighted by atomic mass is 10.1. The van der Waals surface area contributed by atoms with Gasteiger partial charge in [-0.3, -0.25) is 9.48 Å². The van der Waals surface area contributed by atoms with E-state index in [0.29, 0.717) is 11.5 Å². The van der Waals surface area contributed by atoms with Gasteiger partial charge in [0, 0.05) is 23.7 Å². The molecule has 0 aliphatic carbocycles. The summed E-state index contributed by atoms with van der Waals surface area (Å²) in [6, 6.07) is 14.8. The number of para-hydroxylation sites is 1. The molecule has 0 saturated heterocycles. The van der Waals surface area contributed by atoms with Crippen molar-refractivity contribution in [1.82, 2.24) is 19.9 Å². The van der Waals surface area contributed by atoms with Gasteiger partial charge in [-0.25, -0.2) is 0 Å². The van der Waals surface area contributed by atoms with Crippen molar-refractivity contribution in [3.05, 3.63) is 60.6 Å². The van der Waals surface area contributed by atoms with E-state index in [-0.39, 0.29) is 5.89 Å². The van der Waals surface area contributed by atoms with Crippen molar-refractivity contribution in [3.63, 3.8) is 0 Å². The van der Waals surface area contributed by atoms with Crippen LogP contribution in [0.4, 0.5) is 5.69 Å². The predicted octanol–water partition coefficient (Wildman–Crippen LogP) is 2.88. The number of hydrogen-bond acceptors (Lipinski definition) is 5. The van der Waals surface area contributed by atoms with E-state index in [4.69, 9.17) is 4.52 Å². The number of carbonyl (C=O) groups is 1. The lowest BCUT2D eigenvalue weighted by Gasteiger charge is -2.00. The Morgan fingerprint density at radius 3 is 2.83 bits per heavy atom. The zero-order valence-electron chi connectivity index (χ0n) is 12.8. The third kappa shape index (κ3) is 2.52. The molecule has 1 amide bonds. The fourth-order valence-corrected chi connectivity index (χ4v) is 2.42. The summed E-state index contributed by atoms with van der Waals surface area (Å²) in [5.41, 5.74) is 2.37. The maximum absolute atomic E-state index is 12.2. The Bertz CT molecular complexity index is 1020. The average Bonchev–Trinajstić information content (AvgIpc) is 3.23. The third-order valence-electron chi connectivity index (χ3n) is 3.66. The largest absolute Gasteiger partial charge is 0.328 e. The molecular formula is C17H13N5O2. The molecule has 0 spiro atoms. The molecule has 2 heterocycles. The van der Waals surface area contributed by atoms with Crippen LogP contribution in [0.3, 0.4) is 0 Å². The van der Waals surface area contributed by atoms with E-state index >= 15 is 0 Å². The normalized spacial score (nSPS) is 10.9. The van der Waals surface area contributed by atoms with Gasteiger partial charge < -0.3 is 9.84 Å². The van der Waals surface area contributed by atoms with E-state index in [2.05, 4.69) is 20.6 Å². The highest BCUT2D eigenvalue weighted by atomic mass is 16.5. The van der Waals surface area contributed by atoms with Gasteiger partial charge in [0.1, 0.15) is 0 Å². The highest BCUT2D eigenvalue weighted by Crippen LogP contribution is 2.22. The number of carbonyl (C=O) groups excluding carboxylic acids is 1. The van der Waals surface area contributed by atoms with Crippen LogP contribution in [-0.4, -0.2) is 25.8 Å². The summed E-state index contributed by atoms with van der Waals surface area (Å²) < 4.78 is 6.85. The molecule has 4 rings (SSSR count). The summed E-state index contributed by atoms with van der Waals surface area (Å²) in [6.45, 7) is 0. The van der Waals surface area contributed by atoms with Gasteiger partial charge in [-0.2, -0.15) is 10.1 Å². The third-order valence-corrected chi connectivity index (χ3v) is 3.66. The average molecular weight is 319 g/mol. The molecule has 0 atom stereocenters. The number of amides is 1. The molecule has 24 heavy (non-hydrogen) atoms. The van der Waals surface area contributed by atoms with Crippen molar-refractivity contribution in [3.8, 4) is 11.4 Å². The van der Waals surface area contributed by atoms with Gasteiger partial charge in [0.25, 0.3) is 0 Å². The molecule has 0 aliphatic rings. The van der Waals surface area contributed by atoms with Crippen molar-refractivity contribution < 1.29 is 9.32 Å². The summed E-state index contributed by atoms with van der Waals surface area (Å²) in [4.78, 5) is 16.3. The maximum atomic E-state index is 12.2. The molecule has 1 N–H and O–H groups in total. The lowest BCUT2D eigenvalue weighted by Crippen LogP contribution is -2.12. The molecular weight excluding hydrogens is 306 g/mol. The number of nitrogens with one attached hydrogen (secondary N) is 1. The summed E-state index contributed by atoms with van der Waals surface area (Å²) in [5.74, 6) is -0.170. The number of anilines is 1. The smallest absolute Gasteiger partial charge is 0.316 e. The molecule has 4 aromatic rings. The van der Waals surface area contributed by atoms with E-state index < -0.39 is 5.91 Å². The first-order valence-corrected chi connectivity index (χ1v) is 7.33. The SMILES string of the molecule is Cn1ncc2ccc(-c3noc(C(=O)Nc4ccccc4)n3)cc21. The Labute approximate surface area is 136 Å². The molecule has 118 valence electrons. The lowest BCUT2D eigenvalue weighted by molar-refractivity contribution is 0.0981. The minimum Gasteiger partial charge on any atom is -0.328 e. The van der Waals surface area contributed by atoms with Crippen LogP contribution in [0.15, 0.2) is 59.3 Å². The number of aryl methyl sites for hydroxylation is 1. The molecule has 0 saturated carbocycles. The van der Waals surface area contributed by atoms with Crippen molar-refractivity contribution in [2.75, 3.05) is 5.32 Å². The van der Waals surface area contributed by atoms with Gasteiger partial charge in [-0.1, -0.05) is 35.5 Å². The number of hydrogen-bond donors (Lipinski definition) is 1. The van der Waals surface area contributed by atoms with E-state index in [1.54, 1.807) is 23.0 Å². The fourth-order valence-electron chi connectivity index (χ4n) is 2.42. The summed E-state index contributed by atoms with van der Waals surface area (Å²) >= 11 is 0. The van der Waals surface area contributed by atoms with Crippen molar-refractivity contribution in [1.29, 1.82) is 0 Å². The molecule has 0 radical (unpaired) electrons.